The van der Waals surface area contributed by atoms with Gasteiger partial charge < -0.3 is 9.84 Å². The van der Waals surface area contributed by atoms with E-state index in [1.807, 2.05) is 30.3 Å². The number of benzene rings is 1. The first-order chi connectivity index (χ1) is 8.59. The third kappa shape index (κ3) is 5.12. The first kappa shape index (κ1) is 13.7. The molecule has 0 radical (unpaired) electrons. The molecule has 0 saturated carbocycles. The molecule has 4 nitrogen and oxygen atoms in total. The van der Waals surface area contributed by atoms with Crippen molar-refractivity contribution < 1.29 is 19.4 Å². The van der Waals surface area contributed by atoms with Crippen LogP contribution < -0.4 is 0 Å². The number of carboxylic acids is 1. The van der Waals surface area contributed by atoms with E-state index in [9.17, 15) is 9.59 Å². The smallest absolute Gasteiger partial charge is 0.331 e. The van der Waals surface area contributed by atoms with Crippen LogP contribution in [0.15, 0.2) is 48.6 Å². The Kier molecular flexibility index (Phi) is 5.38. The van der Waals surface area contributed by atoms with E-state index in [0.717, 1.165) is 5.56 Å². The van der Waals surface area contributed by atoms with Gasteiger partial charge in [-0.3, -0.25) is 0 Å². The molecular weight excluding hydrogens is 232 g/mol. The van der Waals surface area contributed by atoms with Crippen LogP contribution in [0.1, 0.15) is 12.0 Å². The molecule has 0 spiro atoms. The molecule has 0 atom stereocenters. The van der Waals surface area contributed by atoms with E-state index >= 15 is 0 Å². The van der Waals surface area contributed by atoms with Crippen molar-refractivity contribution in [3.8, 4) is 0 Å². The molecule has 1 aromatic rings. The summed E-state index contributed by atoms with van der Waals surface area (Å²) in [5, 5.41) is 8.55. The maximum atomic E-state index is 11.3. The molecular formula is C14H14O4. The molecule has 0 aromatic heterocycles. The van der Waals surface area contributed by atoms with Crippen LogP contribution in [0.4, 0.5) is 0 Å². The molecule has 0 aliphatic carbocycles. The zero-order valence-corrected chi connectivity index (χ0v) is 9.83. The molecule has 1 rings (SSSR count). The molecule has 94 valence electrons. The molecule has 0 amide bonds. The summed E-state index contributed by atoms with van der Waals surface area (Å²) < 4.78 is 4.83. The standard InChI is InChI=1S/C14H14O4/c1-11(14(16)17)9-10-18-13(15)8-7-12-5-3-2-4-6-12/h2-8H,1,9-10H2,(H,16,17). The van der Waals surface area contributed by atoms with Crippen molar-refractivity contribution >= 4 is 18.0 Å². The summed E-state index contributed by atoms with van der Waals surface area (Å²) in [6.07, 6.45) is 3.06. The van der Waals surface area contributed by atoms with E-state index in [4.69, 9.17) is 9.84 Å². The van der Waals surface area contributed by atoms with Crippen molar-refractivity contribution in [1.29, 1.82) is 0 Å². The lowest BCUT2D eigenvalue weighted by Gasteiger charge is -2.01. The molecule has 0 aliphatic rings. The van der Waals surface area contributed by atoms with E-state index in [0.29, 0.717) is 0 Å². The Morgan fingerprint density at radius 1 is 1.28 bits per heavy atom. The number of aliphatic carboxylic acids is 1. The number of carboxylic acid groups (broad SMARTS) is 1. The van der Waals surface area contributed by atoms with Gasteiger partial charge in [0.15, 0.2) is 0 Å². The first-order valence-electron chi connectivity index (χ1n) is 5.40. The lowest BCUT2D eigenvalue weighted by molar-refractivity contribution is -0.138. The Morgan fingerprint density at radius 2 is 1.94 bits per heavy atom. The molecule has 18 heavy (non-hydrogen) atoms. The summed E-state index contributed by atoms with van der Waals surface area (Å²) in [4.78, 5) is 21.7. The van der Waals surface area contributed by atoms with Crippen molar-refractivity contribution in [2.24, 2.45) is 0 Å². The Labute approximate surface area is 105 Å². The topological polar surface area (TPSA) is 63.6 Å². The fourth-order valence-electron chi connectivity index (χ4n) is 1.16. The van der Waals surface area contributed by atoms with Crippen molar-refractivity contribution in [2.75, 3.05) is 6.61 Å². The largest absolute Gasteiger partial charge is 0.478 e. The third-order valence-electron chi connectivity index (χ3n) is 2.16. The average Bonchev–Trinajstić information content (AvgIpc) is 2.37. The van der Waals surface area contributed by atoms with Crippen molar-refractivity contribution in [3.05, 3.63) is 54.1 Å². The van der Waals surface area contributed by atoms with Gasteiger partial charge in [0.2, 0.25) is 0 Å². The second kappa shape index (κ2) is 7.06. The van der Waals surface area contributed by atoms with Gasteiger partial charge in [0.25, 0.3) is 0 Å². The number of rotatable bonds is 6. The number of carbonyl (C=O) groups is 2. The summed E-state index contributed by atoms with van der Waals surface area (Å²) >= 11 is 0. The van der Waals surface area contributed by atoms with Crippen LogP contribution in [0.2, 0.25) is 0 Å². The number of hydrogen-bond donors (Lipinski definition) is 1. The van der Waals surface area contributed by atoms with Gasteiger partial charge in [0, 0.05) is 18.1 Å². The molecule has 0 unspecified atom stereocenters. The average molecular weight is 246 g/mol. The highest BCUT2D eigenvalue weighted by atomic mass is 16.5. The van der Waals surface area contributed by atoms with Crippen LogP contribution >= 0.6 is 0 Å². The Balaban J connectivity index is 2.32. The summed E-state index contributed by atoms with van der Waals surface area (Å²) in [6, 6.07) is 9.32. The zero-order chi connectivity index (χ0) is 13.4. The van der Waals surface area contributed by atoms with E-state index in [2.05, 4.69) is 6.58 Å². The van der Waals surface area contributed by atoms with Gasteiger partial charge in [-0.25, -0.2) is 9.59 Å². The van der Waals surface area contributed by atoms with Gasteiger partial charge in [-0.2, -0.15) is 0 Å². The number of hydrogen-bond acceptors (Lipinski definition) is 3. The molecule has 0 heterocycles. The summed E-state index contributed by atoms with van der Waals surface area (Å²) in [6.45, 7) is 3.35. The van der Waals surface area contributed by atoms with E-state index in [1.165, 1.54) is 6.08 Å². The van der Waals surface area contributed by atoms with Gasteiger partial charge >= 0.3 is 11.9 Å². The van der Waals surface area contributed by atoms with Gasteiger partial charge in [0.05, 0.1) is 6.61 Å². The Morgan fingerprint density at radius 3 is 2.56 bits per heavy atom. The van der Waals surface area contributed by atoms with Crippen molar-refractivity contribution in [3.63, 3.8) is 0 Å². The molecule has 0 saturated heterocycles. The first-order valence-corrected chi connectivity index (χ1v) is 5.40. The Hall–Kier alpha value is -2.36. The number of esters is 1. The van der Waals surface area contributed by atoms with Crippen molar-refractivity contribution in [2.45, 2.75) is 6.42 Å². The second-order valence-electron chi connectivity index (χ2n) is 3.57. The molecule has 0 fully saturated rings. The van der Waals surface area contributed by atoms with Gasteiger partial charge in [0.1, 0.15) is 0 Å². The summed E-state index contributed by atoms with van der Waals surface area (Å²) in [7, 11) is 0. The minimum Gasteiger partial charge on any atom is -0.478 e. The lowest BCUT2D eigenvalue weighted by atomic mass is 10.2. The highest BCUT2D eigenvalue weighted by Crippen LogP contribution is 2.02. The van der Waals surface area contributed by atoms with Gasteiger partial charge in [-0.05, 0) is 11.6 Å². The van der Waals surface area contributed by atoms with E-state index in [1.54, 1.807) is 6.08 Å². The van der Waals surface area contributed by atoms with Crippen molar-refractivity contribution in [1.82, 2.24) is 0 Å². The monoisotopic (exact) mass is 246 g/mol. The van der Waals surface area contributed by atoms with Crippen LogP contribution in [0.3, 0.4) is 0 Å². The SMILES string of the molecule is C=C(CCOC(=O)C=Cc1ccccc1)C(=O)O. The van der Waals surface area contributed by atoms with Gasteiger partial charge in [-0.15, -0.1) is 0 Å². The minimum atomic E-state index is -1.08. The third-order valence-corrected chi connectivity index (χ3v) is 2.16. The maximum Gasteiger partial charge on any atom is 0.331 e. The summed E-state index contributed by atoms with van der Waals surface area (Å²) in [5.74, 6) is -1.58. The molecule has 1 aromatic carbocycles. The highest BCUT2D eigenvalue weighted by Gasteiger charge is 2.04. The normalized spacial score (nSPS) is 10.2. The van der Waals surface area contributed by atoms with Crippen LogP contribution in [0.25, 0.3) is 6.08 Å². The molecule has 4 heteroatoms. The van der Waals surface area contributed by atoms with Gasteiger partial charge in [-0.1, -0.05) is 36.9 Å². The Bertz CT molecular complexity index is 460. The number of carbonyl (C=O) groups excluding carboxylic acids is 1. The predicted octanol–water partition coefficient (Wildman–Crippen LogP) is 2.27. The van der Waals surface area contributed by atoms with Crippen LogP contribution in [0, 0.1) is 0 Å². The van der Waals surface area contributed by atoms with Crippen LogP contribution in [-0.4, -0.2) is 23.7 Å². The quantitative estimate of drug-likeness (QED) is 0.617. The zero-order valence-electron chi connectivity index (χ0n) is 9.83. The number of ether oxygens (including phenoxy) is 1. The lowest BCUT2D eigenvalue weighted by Crippen LogP contribution is -2.06. The molecule has 1 N–H and O–H groups in total. The maximum absolute atomic E-state index is 11.3. The molecule has 0 aliphatic heterocycles. The molecule has 0 bridgehead atoms. The second-order valence-corrected chi connectivity index (χ2v) is 3.57. The van der Waals surface area contributed by atoms with E-state index in [-0.39, 0.29) is 18.6 Å². The summed E-state index contributed by atoms with van der Waals surface area (Å²) in [5.41, 5.74) is 0.916. The predicted molar refractivity (Wildman–Crippen MR) is 67.8 cm³/mol. The van der Waals surface area contributed by atoms with E-state index < -0.39 is 11.9 Å². The fourth-order valence-corrected chi connectivity index (χ4v) is 1.16. The highest BCUT2D eigenvalue weighted by molar-refractivity contribution is 5.87. The fraction of sp³-hybridized carbons (Fsp3) is 0.143. The minimum absolute atomic E-state index is 0.0170. The van der Waals surface area contributed by atoms with Crippen LogP contribution in [-0.2, 0) is 14.3 Å². The van der Waals surface area contributed by atoms with Crippen LogP contribution in [0.5, 0.6) is 0 Å².